The molecule has 0 unspecified atom stereocenters. The van der Waals surface area contributed by atoms with Gasteiger partial charge in [0.25, 0.3) is 15.9 Å². The van der Waals surface area contributed by atoms with Crippen LogP contribution in [0.5, 0.6) is 0 Å². The molecule has 2 aromatic carbocycles. The third kappa shape index (κ3) is 5.73. The number of hydrogen-bond acceptors (Lipinski definition) is 5. The van der Waals surface area contributed by atoms with E-state index < -0.39 is 27.9 Å². The molecule has 0 fully saturated rings. The molecule has 35 heavy (non-hydrogen) atoms. The molecule has 3 amide bonds. The Morgan fingerprint density at radius 3 is 2.29 bits per heavy atom. The molecular weight excluding hydrogens is 466 g/mol. The number of carbonyl (C=O) groups excluding carboxylic acids is 3. The average molecular weight is 500 g/mol. The van der Waals surface area contributed by atoms with Gasteiger partial charge in [-0.3, -0.25) is 14.4 Å². The molecule has 0 aliphatic carbocycles. The van der Waals surface area contributed by atoms with Crippen molar-refractivity contribution in [2.45, 2.75) is 70.5 Å². The highest BCUT2D eigenvalue weighted by molar-refractivity contribution is 7.90. The van der Waals surface area contributed by atoms with E-state index in [0.29, 0.717) is 6.42 Å². The van der Waals surface area contributed by atoms with Crippen LogP contribution in [0.1, 0.15) is 61.5 Å². The molecule has 0 radical (unpaired) electrons. The second-order valence-corrected chi connectivity index (χ2v) is 10.7. The molecule has 1 aliphatic rings. The Morgan fingerprint density at radius 2 is 1.69 bits per heavy atom. The zero-order valence-corrected chi connectivity index (χ0v) is 21.5. The lowest BCUT2D eigenvalue weighted by molar-refractivity contribution is -0.141. The summed E-state index contributed by atoms with van der Waals surface area (Å²) in [5.41, 5.74) is 2.04. The maximum Gasteiger partial charge on any atom is 0.269 e. The van der Waals surface area contributed by atoms with E-state index >= 15 is 0 Å². The Bertz CT molecular complexity index is 1190. The molecule has 0 aromatic heterocycles. The van der Waals surface area contributed by atoms with Crippen molar-refractivity contribution in [3.05, 3.63) is 65.2 Å². The van der Waals surface area contributed by atoms with E-state index in [-0.39, 0.29) is 41.9 Å². The summed E-state index contributed by atoms with van der Waals surface area (Å²) in [7, 11) is -4.01. The minimum Gasteiger partial charge on any atom is -0.352 e. The molecular formula is C26H33N3O5S. The van der Waals surface area contributed by atoms with Crippen LogP contribution in [0.2, 0.25) is 0 Å². The number of nitrogens with zero attached hydrogens (tertiary/aromatic N) is 2. The first-order chi connectivity index (χ1) is 16.6. The lowest BCUT2D eigenvalue weighted by Crippen LogP contribution is -2.51. The van der Waals surface area contributed by atoms with Crippen molar-refractivity contribution in [2.75, 3.05) is 6.54 Å². The van der Waals surface area contributed by atoms with Gasteiger partial charge in [0.05, 0.1) is 5.56 Å². The second-order valence-electron chi connectivity index (χ2n) is 8.88. The van der Waals surface area contributed by atoms with E-state index in [4.69, 9.17) is 0 Å². The number of hydrogen-bond donors (Lipinski definition) is 1. The molecule has 2 atom stereocenters. The monoisotopic (exact) mass is 499 g/mol. The van der Waals surface area contributed by atoms with Crippen molar-refractivity contribution in [3.63, 3.8) is 0 Å². The predicted octanol–water partition coefficient (Wildman–Crippen LogP) is 3.25. The Kier molecular flexibility index (Phi) is 8.32. The molecule has 8 nitrogen and oxygen atoms in total. The molecule has 188 valence electrons. The third-order valence-corrected chi connectivity index (χ3v) is 8.14. The van der Waals surface area contributed by atoms with Crippen LogP contribution < -0.4 is 5.32 Å². The van der Waals surface area contributed by atoms with Gasteiger partial charge < -0.3 is 10.2 Å². The Morgan fingerprint density at radius 1 is 1.03 bits per heavy atom. The van der Waals surface area contributed by atoms with Gasteiger partial charge in [-0.05, 0) is 44.4 Å². The highest BCUT2D eigenvalue weighted by Gasteiger charge is 2.41. The number of rotatable bonds is 10. The van der Waals surface area contributed by atoms with Crippen LogP contribution >= 0.6 is 0 Å². The highest BCUT2D eigenvalue weighted by Crippen LogP contribution is 2.30. The molecule has 1 aliphatic heterocycles. The van der Waals surface area contributed by atoms with E-state index in [2.05, 4.69) is 5.32 Å². The van der Waals surface area contributed by atoms with E-state index in [1.807, 2.05) is 52.0 Å². The predicted molar refractivity (Wildman–Crippen MR) is 133 cm³/mol. The summed E-state index contributed by atoms with van der Waals surface area (Å²) in [5, 5.41) is 2.95. The van der Waals surface area contributed by atoms with Crippen molar-refractivity contribution in [3.8, 4) is 0 Å². The van der Waals surface area contributed by atoms with Crippen LogP contribution in [-0.2, 0) is 26.2 Å². The van der Waals surface area contributed by atoms with E-state index in [1.165, 1.54) is 17.0 Å². The fourth-order valence-electron chi connectivity index (χ4n) is 4.04. The van der Waals surface area contributed by atoms with Crippen molar-refractivity contribution < 1.29 is 22.8 Å². The van der Waals surface area contributed by atoms with Crippen LogP contribution in [0.4, 0.5) is 0 Å². The molecule has 0 saturated heterocycles. The molecule has 3 rings (SSSR count). The number of aryl methyl sites for hydroxylation is 1. The number of benzene rings is 2. The third-order valence-electron chi connectivity index (χ3n) is 6.30. The molecule has 1 N–H and O–H groups in total. The summed E-state index contributed by atoms with van der Waals surface area (Å²) >= 11 is 0. The van der Waals surface area contributed by atoms with E-state index in [0.717, 1.165) is 21.9 Å². The molecule has 0 saturated carbocycles. The summed E-state index contributed by atoms with van der Waals surface area (Å²) < 4.78 is 26.5. The van der Waals surface area contributed by atoms with Crippen LogP contribution in [0.25, 0.3) is 0 Å². The molecule has 0 spiro atoms. The smallest absolute Gasteiger partial charge is 0.269 e. The Balaban J connectivity index is 1.82. The van der Waals surface area contributed by atoms with Gasteiger partial charge in [0.2, 0.25) is 11.8 Å². The zero-order chi connectivity index (χ0) is 25.8. The molecule has 0 bridgehead atoms. The van der Waals surface area contributed by atoms with Gasteiger partial charge in [-0.25, -0.2) is 12.7 Å². The summed E-state index contributed by atoms with van der Waals surface area (Å²) in [6.07, 6.45) is 0.924. The average Bonchev–Trinajstić information content (AvgIpc) is 3.03. The topological polar surface area (TPSA) is 104 Å². The normalized spacial score (nSPS) is 15.9. The van der Waals surface area contributed by atoms with E-state index in [9.17, 15) is 22.8 Å². The lowest BCUT2D eigenvalue weighted by atomic mass is 10.1. The van der Waals surface area contributed by atoms with Crippen LogP contribution in [0.3, 0.4) is 0 Å². The highest BCUT2D eigenvalue weighted by atomic mass is 32.2. The van der Waals surface area contributed by atoms with Gasteiger partial charge in [-0.2, -0.15) is 0 Å². The fraction of sp³-hybridized carbons (Fsp3) is 0.423. The zero-order valence-electron chi connectivity index (χ0n) is 20.7. The van der Waals surface area contributed by atoms with Crippen LogP contribution in [0, 0.1) is 6.92 Å². The standard InChI is InChI=1S/C26H33N3O5S/c1-5-19(4)27-25(31)22(6-2)28(17-20-13-11-18(3)12-14-20)24(30)15-16-29-26(32)21-9-7-8-10-23(21)35(29,33)34/h7-14,19,22H,5-6,15-17H2,1-4H3,(H,27,31)/t19-,22-/m0/s1. The SMILES string of the molecule is CC[C@H](C)NC(=O)[C@H](CC)N(Cc1ccc(C)cc1)C(=O)CCN1C(=O)c2ccccc2S1(=O)=O. The molecule has 9 heteroatoms. The number of fused-ring (bicyclic) bond motifs is 1. The number of amides is 3. The molecule has 1 heterocycles. The first-order valence-electron chi connectivity index (χ1n) is 11.9. The maximum absolute atomic E-state index is 13.4. The van der Waals surface area contributed by atoms with Gasteiger partial charge in [0, 0.05) is 25.6 Å². The van der Waals surface area contributed by atoms with Gasteiger partial charge >= 0.3 is 0 Å². The minimum absolute atomic E-state index is 0.0428. The number of sulfonamides is 1. The summed E-state index contributed by atoms with van der Waals surface area (Å²) in [5.74, 6) is -1.28. The second kappa shape index (κ2) is 11.0. The van der Waals surface area contributed by atoms with Gasteiger partial charge in [-0.1, -0.05) is 55.8 Å². The van der Waals surface area contributed by atoms with Crippen molar-refractivity contribution in [1.29, 1.82) is 0 Å². The van der Waals surface area contributed by atoms with Gasteiger partial charge in [0.15, 0.2) is 0 Å². The van der Waals surface area contributed by atoms with Crippen LogP contribution in [0.15, 0.2) is 53.4 Å². The fourth-order valence-corrected chi connectivity index (χ4v) is 5.61. The lowest BCUT2D eigenvalue weighted by Gasteiger charge is -2.32. The summed E-state index contributed by atoms with van der Waals surface area (Å²) in [4.78, 5) is 40.6. The summed E-state index contributed by atoms with van der Waals surface area (Å²) in [6.45, 7) is 7.58. The Labute approximate surface area is 207 Å². The van der Waals surface area contributed by atoms with Crippen LogP contribution in [-0.4, -0.2) is 54.0 Å². The first kappa shape index (κ1) is 26.4. The Hall–Kier alpha value is -3.20. The first-order valence-corrected chi connectivity index (χ1v) is 13.4. The van der Waals surface area contributed by atoms with Gasteiger partial charge in [0.1, 0.15) is 10.9 Å². The van der Waals surface area contributed by atoms with Gasteiger partial charge in [-0.15, -0.1) is 0 Å². The summed E-state index contributed by atoms with van der Waals surface area (Å²) in [6, 6.07) is 12.9. The number of carbonyl (C=O) groups is 3. The quantitative estimate of drug-likeness (QED) is 0.540. The maximum atomic E-state index is 13.4. The van der Waals surface area contributed by atoms with Crippen molar-refractivity contribution in [2.24, 2.45) is 0 Å². The largest absolute Gasteiger partial charge is 0.352 e. The van der Waals surface area contributed by atoms with Crippen molar-refractivity contribution in [1.82, 2.24) is 14.5 Å². The van der Waals surface area contributed by atoms with E-state index in [1.54, 1.807) is 12.1 Å². The number of nitrogens with one attached hydrogen (secondary N) is 1. The molecule has 2 aromatic rings. The minimum atomic E-state index is -4.01. The van der Waals surface area contributed by atoms with Crippen molar-refractivity contribution >= 4 is 27.7 Å².